The van der Waals surface area contributed by atoms with E-state index in [9.17, 15) is 4.79 Å². The van der Waals surface area contributed by atoms with E-state index in [2.05, 4.69) is 4.98 Å². The van der Waals surface area contributed by atoms with Crippen LogP contribution >= 0.6 is 0 Å². The summed E-state index contributed by atoms with van der Waals surface area (Å²) in [4.78, 5) is 13.6. The molecule has 0 atom stereocenters. The third-order valence-electron chi connectivity index (χ3n) is 1.63. The first-order valence-corrected chi connectivity index (χ1v) is 3.44. The number of rotatable bonds is 0. The van der Waals surface area contributed by atoms with E-state index >= 15 is 0 Å². The molecule has 2 nitrogen and oxygen atoms in total. The monoisotopic (exact) mass is 223 g/mol. The third kappa shape index (κ3) is 3.13. The van der Waals surface area contributed by atoms with E-state index in [1.165, 1.54) is 6.07 Å². The molecule has 3 heteroatoms. The number of aromatic nitrogens is 1. The van der Waals surface area contributed by atoms with Gasteiger partial charge in [0.15, 0.2) is 0 Å². The molecule has 0 saturated heterocycles. The molecule has 1 N–H and O–H groups in total. The van der Waals surface area contributed by atoms with Crippen LogP contribution in [0.25, 0.3) is 10.9 Å². The maximum atomic E-state index is 10.8. The smallest absolute Gasteiger partial charge is 0.358 e. The van der Waals surface area contributed by atoms with Gasteiger partial charge in [-0.05, 0) is 17.5 Å². The molecule has 0 radical (unpaired) electrons. The summed E-state index contributed by atoms with van der Waals surface area (Å²) in [6, 6.07) is 11.0. The molecule has 1 aromatic heterocycles. The molecule has 0 bridgehead atoms. The van der Waals surface area contributed by atoms with Crippen molar-refractivity contribution in [3.8, 4) is 0 Å². The molecule has 14 heavy (non-hydrogen) atoms. The van der Waals surface area contributed by atoms with Gasteiger partial charge in [-0.3, -0.25) is 4.79 Å². The van der Waals surface area contributed by atoms with Gasteiger partial charge in [-0.2, -0.15) is 0 Å². The molecule has 0 fully saturated rings. The Kier molecular flexibility index (Phi) is 7.33. The molecule has 1 aromatic carbocycles. The maximum Gasteiger partial charge on any atom is 2.00 e. The zero-order chi connectivity index (χ0) is 7.68. The van der Waals surface area contributed by atoms with Crippen molar-refractivity contribution in [2.24, 2.45) is 0 Å². The van der Waals surface area contributed by atoms with Gasteiger partial charge in [0.1, 0.15) is 0 Å². The van der Waals surface area contributed by atoms with Crippen LogP contribution in [0.1, 0.15) is 0 Å². The zero-order valence-corrected chi connectivity index (χ0v) is 9.93. The molecule has 0 unspecified atom stereocenters. The molecular weight excluding hydrogens is 210 g/mol. The van der Waals surface area contributed by atoms with E-state index in [0.717, 1.165) is 10.9 Å². The molecule has 0 saturated carbocycles. The number of nitrogens with one attached hydrogen (secondary N) is 1. The molecule has 0 aliphatic rings. The minimum Gasteiger partial charge on any atom is -0.358 e. The first-order chi connectivity index (χ1) is 5.36. The van der Waals surface area contributed by atoms with E-state index < -0.39 is 0 Å². The summed E-state index contributed by atoms with van der Waals surface area (Å²) in [5.74, 6) is 0. The van der Waals surface area contributed by atoms with Gasteiger partial charge in [-0.15, -0.1) is 0 Å². The van der Waals surface area contributed by atoms with Gasteiger partial charge in [0.2, 0.25) is 5.56 Å². The molecule has 2 rings (SSSR count). The average molecular weight is 223 g/mol. The Morgan fingerprint density at radius 2 is 1.57 bits per heavy atom. The quantitative estimate of drug-likeness (QED) is 0.540. The fourth-order valence-corrected chi connectivity index (χ4v) is 1.10. The summed E-state index contributed by atoms with van der Waals surface area (Å²) < 4.78 is 0. The molecular formula is C11H13NOTi. The Morgan fingerprint density at radius 1 is 0.929 bits per heavy atom. The van der Waals surface area contributed by atoms with Crippen LogP contribution in [0.5, 0.6) is 0 Å². The van der Waals surface area contributed by atoms with Crippen molar-refractivity contribution in [2.75, 3.05) is 0 Å². The molecule has 0 aliphatic carbocycles. The Morgan fingerprint density at radius 3 is 2.29 bits per heavy atom. The second-order valence-electron chi connectivity index (χ2n) is 2.41. The zero-order valence-electron chi connectivity index (χ0n) is 8.37. The van der Waals surface area contributed by atoms with E-state index in [-0.39, 0.29) is 42.1 Å². The SMILES string of the molecule is O=c1ccc2ccccc2[nH]1.[CH3-].[CH3-].[Ti+2]. The Bertz CT molecular complexity index is 436. The van der Waals surface area contributed by atoms with Gasteiger partial charge < -0.3 is 19.8 Å². The van der Waals surface area contributed by atoms with E-state index in [4.69, 9.17) is 0 Å². The van der Waals surface area contributed by atoms with Crippen molar-refractivity contribution in [3.63, 3.8) is 0 Å². The summed E-state index contributed by atoms with van der Waals surface area (Å²) in [7, 11) is 0. The van der Waals surface area contributed by atoms with Gasteiger partial charge in [-0.25, -0.2) is 0 Å². The molecule has 0 aliphatic heterocycles. The topological polar surface area (TPSA) is 32.9 Å². The number of para-hydroxylation sites is 1. The van der Waals surface area contributed by atoms with Crippen molar-refractivity contribution in [1.82, 2.24) is 4.98 Å². The van der Waals surface area contributed by atoms with Gasteiger partial charge in [0.25, 0.3) is 0 Å². The number of fused-ring (bicyclic) bond motifs is 1. The molecule has 2 aromatic rings. The van der Waals surface area contributed by atoms with Crippen molar-refractivity contribution >= 4 is 10.9 Å². The van der Waals surface area contributed by atoms with Crippen LogP contribution in [0.4, 0.5) is 0 Å². The predicted octanol–water partition coefficient (Wildman–Crippen LogP) is 2.43. The molecule has 72 valence electrons. The van der Waals surface area contributed by atoms with Crippen LogP contribution in [-0.2, 0) is 21.7 Å². The Balaban J connectivity index is 0. The fraction of sp³-hybridized carbons (Fsp3) is 0. The Labute approximate surface area is 99.2 Å². The van der Waals surface area contributed by atoms with Crippen LogP contribution in [0, 0.1) is 14.9 Å². The van der Waals surface area contributed by atoms with Crippen molar-refractivity contribution in [2.45, 2.75) is 0 Å². The van der Waals surface area contributed by atoms with Crippen LogP contribution in [0.2, 0.25) is 0 Å². The number of benzene rings is 1. The number of pyridine rings is 1. The standard InChI is InChI=1S/C9H7NO.2CH3.Ti/c11-9-6-5-7-3-1-2-4-8(7)10-9;;;/h1-6H,(H,10,11);2*1H3;/q;2*-1;+2. The fourth-order valence-electron chi connectivity index (χ4n) is 1.10. The second-order valence-corrected chi connectivity index (χ2v) is 2.41. The predicted molar refractivity (Wildman–Crippen MR) is 57.4 cm³/mol. The van der Waals surface area contributed by atoms with E-state index in [0.29, 0.717) is 0 Å². The number of aromatic amines is 1. The van der Waals surface area contributed by atoms with Gasteiger partial charge >= 0.3 is 21.7 Å². The minimum atomic E-state index is -0.0521. The van der Waals surface area contributed by atoms with Crippen molar-refractivity contribution < 1.29 is 21.7 Å². The summed E-state index contributed by atoms with van der Waals surface area (Å²) in [6.07, 6.45) is 0. The maximum absolute atomic E-state index is 10.8. The van der Waals surface area contributed by atoms with Crippen LogP contribution in [-0.4, -0.2) is 4.98 Å². The largest absolute Gasteiger partial charge is 2.00 e. The summed E-state index contributed by atoms with van der Waals surface area (Å²) >= 11 is 0. The van der Waals surface area contributed by atoms with Crippen molar-refractivity contribution in [3.05, 3.63) is 61.6 Å². The van der Waals surface area contributed by atoms with E-state index in [1.54, 1.807) is 0 Å². The number of H-pyrrole nitrogens is 1. The number of hydrogen-bond donors (Lipinski definition) is 1. The van der Waals surface area contributed by atoms with E-state index in [1.807, 2.05) is 30.3 Å². The summed E-state index contributed by atoms with van der Waals surface area (Å²) in [6.45, 7) is 0. The molecule has 0 spiro atoms. The molecule has 0 amide bonds. The van der Waals surface area contributed by atoms with Gasteiger partial charge in [0, 0.05) is 11.6 Å². The van der Waals surface area contributed by atoms with Crippen LogP contribution < -0.4 is 5.56 Å². The molecule has 1 heterocycles. The third-order valence-corrected chi connectivity index (χ3v) is 1.63. The average Bonchev–Trinajstić information content (AvgIpc) is 2.04. The van der Waals surface area contributed by atoms with Crippen LogP contribution in [0.3, 0.4) is 0 Å². The van der Waals surface area contributed by atoms with Crippen molar-refractivity contribution in [1.29, 1.82) is 0 Å². The normalized spacial score (nSPS) is 8.00. The number of hydrogen-bond acceptors (Lipinski definition) is 1. The first kappa shape index (κ1) is 15.6. The first-order valence-electron chi connectivity index (χ1n) is 3.44. The van der Waals surface area contributed by atoms with Gasteiger partial charge in [0.05, 0.1) is 0 Å². The summed E-state index contributed by atoms with van der Waals surface area (Å²) in [5, 5.41) is 1.06. The summed E-state index contributed by atoms with van der Waals surface area (Å²) in [5.41, 5.74) is 0.837. The second kappa shape index (κ2) is 6.58. The van der Waals surface area contributed by atoms with Crippen LogP contribution in [0.15, 0.2) is 41.2 Å². The Hall–Kier alpha value is -0.856. The van der Waals surface area contributed by atoms with Gasteiger partial charge in [-0.1, -0.05) is 18.2 Å². The minimum absolute atomic E-state index is 0.